The summed E-state index contributed by atoms with van der Waals surface area (Å²) >= 11 is 5.36. The number of carbonyl (C=O) groups is 1. The Balaban J connectivity index is 1.59. The summed E-state index contributed by atoms with van der Waals surface area (Å²) in [6.45, 7) is 4.06. The fourth-order valence-electron chi connectivity index (χ4n) is 2.91. The highest BCUT2D eigenvalue weighted by Gasteiger charge is 2.20. The molecule has 1 amide bonds. The van der Waals surface area contributed by atoms with E-state index in [9.17, 15) is 4.79 Å². The first-order valence-corrected chi connectivity index (χ1v) is 8.86. The van der Waals surface area contributed by atoms with Crippen molar-refractivity contribution < 1.29 is 4.79 Å². The molecule has 6 heteroatoms. The van der Waals surface area contributed by atoms with Gasteiger partial charge in [0.05, 0.1) is 0 Å². The van der Waals surface area contributed by atoms with Gasteiger partial charge in [0.2, 0.25) is 5.91 Å². The van der Waals surface area contributed by atoms with E-state index in [4.69, 9.17) is 12.2 Å². The number of hydrogen-bond acceptors (Lipinski definition) is 3. The summed E-state index contributed by atoms with van der Waals surface area (Å²) in [5.74, 6) is 0.971. The third kappa shape index (κ3) is 4.76. The lowest BCUT2D eigenvalue weighted by molar-refractivity contribution is -0.128. The molecule has 25 heavy (non-hydrogen) atoms. The number of anilines is 1. The molecule has 1 fully saturated rings. The number of nitrogens with zero attached hydrogens (tertiary/aromatic N) is 2. The van der Waals surface area contributed by atoms with Crippen molar-refractivity contribution in [2.45, 2.75) is 32.9 Å². The zero-order valence-electron chi connectivity index (χ0n) is 14.3. The molecule has 0 unspecified atom stereocenters. The Labute approximate surface area is 153 Å². The first-order chi connectivity index (χ1) is 12.1. The fraction of sp³-hybridized carbons (Fsp3) is 0.316. The largest absolute Gasteiger partial charge is 0.358 e. The van der Waals surface area contributed by atoms with Crippen LogP contribution in [0.5, 0.6) is 0 Å². The van der Waals surface area contributed by atoms with E-state index in [0.717, 1.165) is 35.6 Å². The van der Waals surface area contributed by atoms with Crippen LogP contribution >= 0.6 is 12.2 Å². The Morgan fingerprint density at radius 1 is 1.20 bits per heavy atom. The molecule has 2 N–H and O–H groups in total. The maximum Gasteiger partial charge on any atom is 0.222 e. The fourth-order valence-corrected chi connectivity index (χ4v) is 3.09. The van der Waals surface area contributed by atoms with E-state index in [1.807, 2.05) is 42.2 Å². The van der Waals surface area contributed by atoms with Crippen molar-refractivity contribution in [3.8, 4) is 0 Å². The molecule has 1 aliphatic rings. The number of carbonyl (C=O) groups excluding carboxylic acids is 1. The lowest BCUT2D eigenvalue weighted by Gasteiger charge is -2.19. The van der Waals surface area contributed by atoms with Crippen molar-refractivity contribution in [2.24, 2.45) is 0 Å². The molecule has 130 valence electrons. The second kappa shape index (κ2) is 8.07. The number of thiocarbonyl (C=S) groups is 1. The maximum absolute atomic E-state index is 11.9. The molecule has 1 aromatic carbocycles. The van der Waals surface area contributed by atoms with E-state index >= 15 is 0 Å². The van der Waals surface area contributed by atoms with E-state index in [0.29, 0.717) is 24.6 Å². The molecular weight excluding hydrogens is 332 g/mol. The predicted molar refractivity (Wildman–Crippen MR) is 103 cm³/mol. The summed E-state index contributed by atoms with van der Waals surface area (Å²) in [4.78, 5) is 18.2. The molecule has 0 radical (unpaired) electrons. The zero-order chi connectivity index (χ0) is 17.6. The molecule has 5 nitrogen and oxygen atoms in total. The standard InChI is InChI=1S/C19H22N4OS/c1-14-6-4-9-17(21-14)22-19(25)20-12-15-7-2-3-8-16(15)13-23-11-5-10-18(23)24/h2-4,6-9H,5,10-13H2,1H3,(H2,20,21,22,25). The molecule has 1 saturated heterocycles. The number of aryl methyl sites for hydroxylation is 1. The van der Waals surface area contributed by atoms with Crippen LogP contribution in [0.2, 0.25) is 0 Å². The molecule has 1 aliphatic heterocycles. The molecule has 0 aliphatic carbocycles. The number of hydrogen-bond donors (Lipinski definition) is 2. The predicted octanol–water partition coefficient (Wildman–Crippen LogP) is 3.00. The SMILES string of the molecule is Cc1cccc(NC(=S)NCc2ccccc2CN2CCCC2=O)n1. The average molecular weight is 354 g/mol. The van der Waals surface area contributed by atoms with Gasteiger partial charge >= 0.3 is 0 Å². The number of benzene rings is 1. The number of amides is 1. The average Bonchev–Trinajstić information content (AvgIpc) is 2.99. The molecule has 2 heterocycles. The van der Waals surface area contributed by atoms with Crippen LogP contribution in [0.15, 0.2) is 42.5 Å². The van der Waals surface area contributed by atoms with Crippen molar-refractivity contribution in [3.05, 3.63) is 59.3 Å². The van der Waals surface area contributed by atoms with Crippen molar-refractivity contribution in [1.29, 1.82) is 0 Å². The summed E-state index contributed by atoms with van der Waals surface area (Å²) in [5.41, 5.74) is 3.23. The molecular formula is C19H22N4OS. The highest BCUT2D eigenvalue weighted by Crippen LogP contribution is 2.17. The zero-order valence-corrected chi connectivity index (χ0v) is 15.1. The van der Waals surface area contributed by atoms with Gasteiger partial charge in [-0.1, -0.05) is 30.3 Å². The van der Waals surface area contributed by atoms with E-state index in [-0.39, 0.29) is 5.91 Å². The Kier molecular flexibility index (Phi) is 5.60. The van der Waals surface area contributed by atoms with Gasteiger partial charge in [0.25, 0.3) is 0 Å². The second-order valence-electron chi connectivity index (χ2n) is 6.16. The number of likely N-dealkylation sites (tertiary alicyclic amines) is 1. The summed E-state index contributed by atoms with van der Waals surface area (Å²) in [6.07, 6.45) is 1.62. The van der Waals surface area contributed by atoms with E-state index in [1.165, 1.54) is 0 Å². The molecule has 0 spiro atoms. The summed E-state index contributed by atoms with van der Waals surface area (Å²) < 4.78 is 0. The lowest BCUT2D eigenvalue weighted by atomic mass is 10.1. The quantitative estimate of drug-likeness (QED) is 0.809. The van der Waals surface area contributed by atoms with Gasteiger partial charge in [0.15, 0.2) is 5.11 Å². The van der Waals surface area contributed by atoms with Gasteiger partial charge in [-0.2, -0.15) is 0 Å². The molecule has 0 saturated carbocycles. The normalized spacial score (nSPS) is 13.8. The number of pyridine rings is 1. The monoisotopic (exact) mass is 354 g/mol. The second-order valence-corrected chi connectivity index (χ2v) is 6.57. The first-order valence-electron chi connectivity index (χ1n) is 8.45. The molecule has 0 bridgehead atoms. The molecule has 3 rings (SSSR count). The topological polar surface area (TPSA) is 57.3 Å². The van der Waals surface area contributed by atoms with Crippen LogP contribution in [0.25, 0.3) is 0 Å². The van der Waals surface area contributed by atoms with Crippen molar-refractivity contribution >= 4 is 29.1 Å². The van der Waals surface area contributed by atoms with Crippen LogP contribution < -0.4 is 10.6 Å². The summed E-state index contributed by atoms with van der Waals surface area (Å²) in [6, 6.07) is 13.9. The minimum Gasteiger partial charge on any atom is -0.358 e. The van der Waals surface area contributed by atoms with Crippen molar-refractivity contribution in [1.82, 2.24) is 15.2 Å². The van der Waals surface area contributed by atoms with Gasteiger partial charge < -0.3 is 15.5 Å². The van der Waals surface area contributed by atoms with Crippen LogP contribution in [-0.4, -0.2) is 27.4 Å². The minimum atomic E-state index is 0.241. The maximum atomic E-state index is 11.9. The van der Waals surface area contributed by atoms with E-state index in [1.54, 1.807) is 0 Å². The molecule has 1 aromatic heterocycles. The highest BCUT2D eigenvalue weighted by atomic mass is 32.1. The van der Waals surface area contributed by atoms with Gasteiger partial charge in [-0.25, -0.2) is 4.98 Å². The van der Waals surface area contributed by atoms with Crippen LogP contribution in [0.3, 0.4) is 0 Å². The Morgan fingerprint density at radius 2 is 2.00 bits per heavy atom. The number of aromatic nitrogens is 1. The van der Waals surface area contributed by atoms with Gasteiger partial charge in [-0.3, -0.25) is 4.79 Å². The van der Waals surface area contributed by atoms with Crippen LogP contribution in [0, 0.1) is 6.92 Å². The minimum absolute atomic E-state index is 0.241. The Morgan fingerprint density at radius 3 is 2.72 bits per heavy atom. The van der Waals surface area contributed by atoms with Crippen LogP contribution in [0.4, 0.5) is 5.82 Å². The lowest BCUT2D eigenvalue weighted by Crippen LogP contribution is -2.29. The Bertz CT molecular complexity index is 778. The molecule has 2 aromatic rings. The summed E-state index contributed by atoms with van der Waals surface area (Å²) in [5, 5.41) is 6.85. The van der Waals surface area contributed by atoms with E-state index < -0.39 is 0 Å². The number of rotatable bonds is 5. The molecule has 0 atom stereocenters. The van der Waals surface area contributed by atoms with Gasteiger partial charge in [0.1, 0.15) is 5.82 Å². The van der Waals surface area contributed by atoms with Gasteiger partial charge in [0, 0.05) is 31.7 Å². The first kappa shape index (κ1) is 17.4. The van der Waals surface area contributed by atoms with Gasteiger partial charge in [-0.15, -0.1) is 0 Å². The van der Waals surface area contributed by atoms with Crippen LogP contribution in [0.1, 0.15) is 29.7 Å². The third-order valence-corrected chi connectivity index (χ3v) is 4.47. The van der Waals surface area contributed by atoms with Crippen LogP contribution in [-0.2, 0) is 17.9 Å². The van der Waals surface area contributed by atoms with E-state index in [2.05, 4.69) is 27.8 Å². The summed E-state index contributed by atoms with van der Waals surface area (Å²) in [7, 11) is 0. The Hall–Kier alpha value is -2.47. The highest BCUT2D eigenvalue weighted by molar-refractivity contribution is 7.80. The van der Waals surface area contributed by atoms with Crippen molar-refractivity contribution in [3.63, 3.8) is 0 Å². The van der Waals surface area contributed by atoms with Gasteiger partial charge in [-0.05, 0) is 48.8 Å². The smallest absolute Gasteiger partial charge is 0.222 e. The van der Waals surface area contributed by atoms with Crippen molar-refractivity contribution in [2.75, 3.05) is 11.9 Å². The third-order valence-electron chi connectivity index (χ3n) is 4.22. The number of nitrogens with one attached hydrogen (secondary N) is 2.